The number of carbonyl (C=O) groups excluding carboxylic acids is 1. The summed E-state index contributed by atoms with van der Waals surface area (Å²) < 4.78 is 33.1. The van der Waals surface area contributed by atoms with Gasteiger partial charge < -0.3 is 10.1 Å². The molecular weight excluding hydrogens is 388 g/mol. The molecule has 0 spiro atoms. The van der Waals surface area contributed by atoms with E-state index in [9.17, 15) is 13.2 Å². The normalized spacial score (nSPS) is 15.2. The molecule has 2 aromatic rings. The van der Waals surface area contributed by atoms with Crippen LogP contribution in [0.3, 0.4) is 0 Å². The van der Waals surface area contributed by atoms with Gasteiger partial charge in [0, 0.05) is 24.3 Å². The van der Waals surface area contributed by atoms with Crippen molar-refractivity contribution in [2.45, 2.75) is 44.9 Å². The Hall–Kier alpha value is -2.38. The van der Waals surface area contributed by atoms with Gasteiger partial charge in [0.15, 0.2) is 0 Å². The van der Waals surface area contributed by atoms with Crippen LogP contribution in [0.4, 0.5) is 5.69 Å². The van der Waals surface area contributed by atoms with E-state index in [0.29, 0.717) is 24.3 Å². The monoisotopic (exact) mass is 416 g/mol. The summed E-state index contributed by atoms with van der Waals surface area (Å²) in [6, 6.07) is 8.65. The van der Waals surface area contributed by atoms with Gasteiger partial charge in [0.25, 0.3) is 5.91 Å². The van der Waals surface area contributed by atoms with Crippen LogP contribution < -0.4 is 10.1 Å². The van der Waals surface area contributed by atoms with E-state index in [4.69, 9.17) is 4.74 Å². The van der Waals surface area contributed by atoms with Crippen LogP contribution >= 0.6 is 0 Å². The molecule has 1 heterocycles. The quantitative estimate of drug-likeness (QED) is 0.798. The van der Waals surface area contributed by atoms with E-state index in [0.717, 1.165) is 36.0 Å². The molecule has 1 fully saturated rings. The first-order valence-electron chi connectivity index (χ1n) is 9.81. The molecule has 1 aliphatic heterocycles. The van der Waals surface area contributed by atoms with Crippen LogP contribution in [0.25, 0.3) is 0 Å². The number of anilines is 1. The molecule has 0 saturated carbocycles. The average molecular weight is 417 g/mol. The van der Waals surface area contributed by atoms with Crippen LogP contribution in [0, 0.1) is 20.8 Å². The van der Waals surface area contributed by atoms with Crippen molar-refractivity contribution in [1.29, 1.82) is 0 Å². The summed E-state index contributed by atoms with van der Waals surface area (Å²) in [7, 11) is -2.25. The number of carbonyl (C=O) groups is 1. The third-order valence-corrected chi connectivity index (χ3v) is 7.18. The van der Waals surface area contributed by atoms with Gasteiger partial charge >= 0.3 is 0 Å². The molecular formula is C22H28N2O4S. The molecule has 1 aliphatic rings. The van der Waals surface area contributed by atoms with E-state index >= 15 is 0 Å². The summed E-state index contributed by atoms with van der Waals surface area (Å²) in [6.45, 7) is 6.79. The summed E-state index contributed by atoms with van der Waals surface area (Å²) in [6.07, 6.45) is 2.74. The lowest BCUT2D eigenvalue weighted by atomic mass is 9.99. The van der Waals surface area contributed by atoms with Gasteiger partial charge in [-0.1, -0.05) is 24.1 Å². The lowest BCUT2D eigenvalue weighted by Crippen LogP contribution is -2.35. The van der Waals surface area contributed by atoms with Gasteiger partial charge in [-0.2, -0.15) is 4.31 Å². The molecule has 1 amide bonds. The number of sulfonamides is 1. The largest absolute Gasteiger partial charge is 0.495 e. The summed E-state index contributed by atoms with van der Waals surface area (Å²) in [5, 5.41) is 2.85. The third-order valence-electron chi connectivity index (χ3n) is 5.26. The maximum absolute atomic E-state index is 13.2. The molecule has 0 radical (unpaired) electrons. The van der Waals surface area contributed by atoms with Crippen molar-refractivity contribution in [3.63, 3.8) is 0 Å². The zero-order valence-corrected chi connectivity index (χ0v) is 18.2. The van der Waals surface area contributed by atoms with Crippen molar-refractivity contribution in [2.24, 2.45) is 0 Å². The summed E-state index contributed by atoms with van der Waals surface area (Å²) in [4.78, 5) is 13.0. The number of nitrogens with zero attached hydrogens (tertiary/aromatic N) is 1. The first-order chi connectivity index (χ1) is 13.7. The Kier molecular flexibility index (Phi) is 6.29. The van der Waals surface area contributed by atoms with Crippen molar-refractivity contribution < 1.29 is 17.9 Å². The Balaban J connectivity index is 1.94. The maximum atomic E-state index is 13.2. The second-order valence-corrected chi connectivity index (χ2v) is 9.46. The summed E-state index contributed by atoms with van der Waals surface area (Å²) in [5.41, 5.74) is 3.89. The van der Waals surface area contributed by atoms with E-state index in [1.165, 1.54) is 17.5 Å². The van der Waals surface area contributed by atoms with Crippen molar-refractivity contribution in [1.82, 2.24) is 4.31 Å². The molecule has 6 nitrogen and oxygen atoms in total. The second kappa shape index (κ2) is 8.55. The van der Waals surface area contributed by atoms with Crippen LogP contribution in [0.5, 0.6) is 5.75 Å². The number of rotatable bonds is 5. The van der Waals surface area contributed by atoms with Crippen molar-refractivity contribution in [3.05, 3.63) is 52.6 Å². The standard InChI is InChI=1S/C22H28N2O4S/c1-15-12-16(2)21(17(3)13-15)22(25)23-18-8-9-19(28-4)20(14-18)29(26,27)24-10-6-5-7-11-24/h8-9,12-14H,5-7,10-11H2,1-4H3,(H,23,25). The highest BCUT2D eigenvalue weighted by Gasteiger charge is 2.29. The van der Waals surface area contributed by atoms with Crippen LogP contribution in [0.2, 0.25) is 0 Å². The van der Waals surface area contributed by atoms with E-state index in [1.54, 1.807) is 12.1 Å². The second-order valence-electron chi connectivity index (χ2n) is 7.56. The predicted molar refractivity (Wildman–Crippen MR) is 114 cm³/mol. The van der Waals surface area contributed by atoms with Crippen LogP contribution in [0.1, 0.15) is 46.3 Å². The Bertz CT molecular complexity index is 1000. The van der Waals surface area contributed by atoms with Crippen LogP contribution in [0.15, 0.2) is 35.2 Å². The number of amides is 1. The van der Waals surface area contributed by atoms with Gasteiger partial charge in [-0.3, -0.25) is 4.79 Å². The van der Waals surface area contributed by atoms with Gasteiger partial charge in [0.2, 0.25) is 10.0 Å². The number of hydrogen-bond acceptors (Lipinski definition) is 4. The van der Waals surface area contributed by atoms with Crippen LogP contribution in [-0.4, -0.2) is 38.8 Å². The smallest absolute Gasteiger partial charge is 0.256 e. The highest BCUT2D eigenvalue weighted by atomic mass is 32.2. The SMILES string of the molecule is COc1ccc(NC(=O)c2c(C)cc(C)cc2C)cc1S(=O)(=O)N1CCCCC1. The van der Waals surface area contributed by atoms with E-state index < -0.39 is 10.0 Å². The Morgan fingerprint density at radius 1 is 1.00 bits per heavy atom. The zero-order valence-electron chi connectivity index (χ0n) is 17.4. The Morgan fingerprint density at radius 2 is 1.62 bits per heavy atom. The van der Waals surface area contributed by atoms with Crippen molar-refractivity contribution >= 4 is 21.6 Å². The van der Waals surface area contributed by atoms with Gasteiger partial charge in [0.05, 0.1) is 7.11 Å². The molecule has 2 aromatic carbocycles. The molecule has 0 aliphatic carbocycles. The molecule has 1 saturated heterocycles. The number of nitrogens with one attached hydrogen (secondary N) is 1. The first-order valence-corrected chi connectivity index (χ1v) is 11.3. The summed E-state index contributed by atoms with van der Waals surface area (Å²) >= 11 is 0. The molecule has 7 heteroatoms. The Morgan fingerprint density at radius 3 is 2.21 bits per heavy atom. The fraction of sp³-hybridized carbons (Fsp3) is 0.409. The minimum atomic E-state index is -3.69. The van der Waals surface area contributed by atoms with Gasteiger partial charge in [-0.25, -0.2) is 8.42 Å². The minimum absolute atomic E-state index is 0.0806. The van der Waals surface area contributed by atoms with Gasteiger partial charge in [-0.15, -0.1) is 0 Å². The van der Waals surface area contributed by atoms with Gasteiger partial charge in [-0.05, 0) is 62.9 Å². The highest BCUT2D eigenvalue weighted by molar-refractivity contribution is 7.89. The minimum Gasteiger partial charge on any atom is -0.495 e. The maximum Gasteiger partial charge on any atom is 0.256 e. The van der Waals surface area contributed by atoms with Gasteiger partial charge in [0.1, 0.15) is 10.6 Å². The highest BCUT2D eigenvalue weighted by Crippen LogP contribution is 2.31. The number of benzene rings is 2. The van der Waals surface area contributed by atoms with E-state index in [1.807, 2.05) is 32.9 Å². The number of aryl methyl sites for hydroxylation is 3. The average Bonchev–Trinajstić information content (AvgIpc) is 2.67. The molecule has 3 rings (SSSR count). The van der Waals surface area contributed by atoms with Crippen molar-refractivity contribution in [2.75, 3.05) is 25.5 Å². The predicted octanol–water partition coefficient (Wildman–Crippen LogP) is 4.05. The number of piperidine rings is 1. The lowest BCUT2D eigenvalue weighted by Gasteiger charge is -2.26. The van der Waals surface area contributed by atoms with Crippen LogP contribution in [-0.2, 0) is 10.0 Å². The molecule has 0 atom stereocenters. The third kappa shape index (κ3) is 4.46. The number of methoxy groups -OCH3 is 1. The number of hydrogen-bond donors (Lipinski definition) is 1. The topological polar surface area (TPSA) is 75.7 Å². The number of ether oxygens (including phenoxy) is 1. The molecule has 1 N–H and O–H groups in total. The van der Waals surface area contributed by atoms with Crippen molar-refractivity contribution in [3.8, 4) is 5.75 Å². The Labute approximate surface area is 172 Å². The lowest BCUT2D eigenvalue weighted by molar-refractivity contribution is 0.102. The summed E-state index contributed by atoms with van der Waals surface area (Å²) in [5.74, 6) is 0.0164. The zero-order chi connectivity index (χ0) is 21.2. The fourth-order valence-corrected chi connectivity index (χ4v) is 5.63. The molecule has 0 unspecified atom stereocenters. The van der Waals surface area contributed by atoms with E-state index in [2.05, 4.69) is 5.32 Å². The molecule has 0 aromatic heterocycles. The molecule has 156 valence electrons. The first kappa shape index (κ1) is 21.3. The molecule has 29 heavy (non-hydrogen) atoms. The fourth-order valence-electron chi connectivity index (χ4n) is 3.93. The molecule has 0 bridgehead atoms. The van der Waals surface area contributed by atoms with E-state index in [-0.39, 0.29) is 16.6 Å².